The third-order valence-corrected chi connectivity index (χ3v) is 8.43. The van der Waals surface area contributed by atoms with Crippen LogP contribution in [0.2, 0.25) is 10.0 Å². The third-order valence-electron chi connectivity index (χ3n) is 6.53. The maximum Gasteiger partial charge on any atom is 0.242 e. The molecule has 7 nitrogen and oxygen atoms in total. The SMILES string of the molecule is CC(C(=O)NC1CCCC1)N(Cc1c(Cl)cccc1Cl)C(=O)CCCN(c1ccc(F)cc1)S(C)(=O)=O. The Morgan fingerprint density at radius 1 is 1.08 bits per heavy atom. The summed E-state index contributed by atoms with van der Waals surface area (Å²) in [6.45, 7) is 1.71. The molecule has 3 rings (SSSR count). The van der Waals surface area contributed by atoms with Crippen LogP contribution < -0.4 is 9.62 Å². The van der Waals surface area contributed by atoms with Gasteiger partial charge in [0, 0.05) is 41.2 Å². The Bertz CT molecular complexity index is 1180. The summed E-state index contributed by atoms with van der Waals surface area (Å²) < 4.78 is 39.2. The zero-order valence-corrected chi connectivity index (χ0v) is 23.3. The van der Waals surface area contributed by atoms with Gasteiger partial charge < -0.3 is 10.2 Å². The van der Waals surface area contributed by atoms with Gasteiger partial charge in [0.25, 0.3) is 0 Å². The number of anilines is 1. The smallest absolute Gasteiger partial charge is 0.242 e. The molecule has 0 heterocycles. The Labute approximate surface area is 228 Å². The Morgan fingerprint density at radius 3 is 2.24 bits per heavy atom. The number of nitrogens with one attached hydrogen (secondary N) is 1. The maximum absolute atomic E-state index is 13.4. The highest BCUT2D eigenvalue weighted by Gasteiger charge is 2.29. The number of amides is 2. The Balaban J connectivity index is 1.75. The minimum Gasteiger partial charge on any atom is -0.352 e. The molecule has 0 saturated heterocycles. The van der Waals surface area contributed by atoms with Crippen LogP contribution in [0.4, 0.5) is 10.1 Å². The molecule has 1 saturated carbocycles. The van der Waals surface area contributed by atoms with Gasteiger partial charge in [0.2, 0.25) is 21.8 Å². The number of nitrogens with zero attached hydrogens (tertiary/aromatic N) is 2. The van der Waals surface area contributed by atoms with Gasteiger partial charge in [-0.25, -0.2) is 12.8 Å². The minimum absolute atomic E-state index is 0.0134. The first-order valence-corrected chi connectivity index (χ1v) is 14.8. The van der Waals surface area contributed by atoms with Crippen molar-refractivity contribution in [2.75, 3.05) is 17.1 Å². The first-order valence-electron chi connectivity index (χ1n) is 12.2. The van der Waals surface area contributed by atoms with E-state index in [2.05, 4.69) is 5.32 Å². The van der Waals surface area contributed by atoms with E-state index in [1.54, 1.807) is 25.1 Å². The lowest BCUT2D eigenvalue weighted by atomic mass is 10.1. The minimum atomic E-state index is -3.67. The molecule has 0 bridgehead atoms. The van der Waals surface area contributed by atoms with E-state index in [1.807, 2.05) is 0 Å². The van der Waals surface area contributed by atoms with Gasteiger partial charge in [0.1, 0.15) is 11.9 Å². The molecule has 1 N–H and O–H groups in total. The van der Waals surface area contributed by atoms with Gasteiger partial charge in [-0.15, -0.1) is 0 Å². The van der Waals surface area contributed by atoms with Crippen molar-refractivity contribution in [3.8, 4) is 0 Å². The first-order chi connectivity index (χ1) is 17.5. The average molecular weight is 573 g/mol. The second-order valence-electron chi connectivity index (χ2n) is 9.30. The highest BCUT2D eigenvalue weighted by Crippen LogP contribution is 2.27. The number of carbonyl (C=O) groups excluding carboxylic acids is 2. The zero-order valence-electron chi connectivity index (χ0n) is 20.9. The highest BCUT2D eigenvalue weighted by molar-refractivity contribution is 7.92. The first kappa shape index (κ1) is 29.2. The summed E-state index contributed by atoms with van der Waals surface area (Å²) in [5, 5.41) is 3.80. The van der Waals surface area contributed by atoms with Crippen LogP contribution in [0, 0.1) is 5.82 Å². The van der Waals surface area contributed by atoms with E-state index < -0.39 is 21.9 Å². The quantitative estimate of drug-likeness (QED) is 0.404. The molecular formula is C26H32Cl2FN3O4S. The monoisotopic (exact) mass is 571 g/mol. The summed E-state index contributed by atoms with van der Waals surface area (Å²) in [7, 11) is -3.67. The Kier molecular flexibility index (Phi) is 10.2. The van der Waals surface area contributed by atoms with Gasteiger partial charge >= 0.3 is 0 Å². The average Bonchev–Trinajstić information content (AvgIpc) is 3.34. The van der Waals surface area contributed by atoms with Crippen molar-refractivity contribution < 1.29 is 22.4 Å². The largest absolute Gasteiger partial charge is 0.352 e. The molecule has 37 heavy (non-hydrogen) atoms. The molecule has 0 radical (unpaired) electrons. The van der Waals surface area contributed by atoms with Crippen LogP contribution in [0.1, 0.15) is 51.0 Å². The lowest BCUT2D eigenvalue weighted by molar-refractivity contribution is -0.140. The van der Waals surface area contributed by atoms with Gasteiger partial charge in [0.05, 0.1) is 11.9 Å². The van der Waals surface area contributed by atoms with Crippen LogP contribution in [0.25, 0.3) is 0 Å². The summed E-state index contributed by atoms with van der Waals surface area (Å²) in [6, 6.07) is 9.45. The van der Waals surface area contributed by atoms with E-state index >= 15 is 0 Å². The number of hydrogen-bond donors (Lipinski definition) is 1. The van der Waals surface area contributed by atoms with E-state index in [1.165, 1.54) is 29.2 Å². The molecular weight excluding hydrogens is 540 g/mol. The number of benzene rings is 2. The molecule has 11 heteroatoms. The molecule has 1 atom stereocenters. The molecule has 0 spiro atoms. The second-order valence-corrected chi connectivity index (χ2v) is 12.0. The van der Waals surface area contributed by atoms with Crippen LogP contribution >= 0.6 is 23.2 Å². The number of rotatable bonds is 11. The van der Waals surface area contributed by atoms with E-state index in [4.69, 9.17) is 23.2 Å². The molecule has 1 unspecified atom stereocenters. The zero-order chi connectivity index (χ0) is 27.2. The number of carbonyl (C=O) groups is 2. The van der Waals surface area contributed by atoms with Crippen LogP contribution in [0.5, 0.6) is 0 Å². The van der Waals surface area contributed by atoms with Gasteiger partial charge in [0.15, 0.2) is 0 Å². The lowest BCUT2D eigenvalue weighted by Crippen LogP contribution is -2.49. The third kappa shape index (κ3) is 8.06. The molecule has 2 aromatic carbocycles. The van der Waals surface area contributed by atoms with E-state index in [0.717, 1.165) is 36.2 Å². The summed E-state index contributed by atoms with van der Waals surface area (Å²) in [4.78, 5) is 27.9. The van der Waals surface area contributed by atoms with E-state index in [-0.39, 0.29) is 43.8 Å². The standard InChI is InChI=1S/C26H32Cl2FN3O4S/c1-18(26(34)30-20-7-3-4-8-20)31(17-22-23(27)9-5-10-24(22)28)25(33)11-6-16-32(37(2,35)36)21-14-12-19(29)13-15-21/h5,9-10,12-15,18,20H,3-4,6-8,11,16-17H2,1-2H3,(H,30,34). The molecule has 2 aromatic rings. The lowest BCUT2D eigenvalue weighted by Gasteiger charge is -2.30. The van der Waals surface area contributed by atoms with E-state index in [0.29, 0.717) is 21.3 Å². The van der Waals surface area contributed by atoms with Gasteiger partial charge in [-0.1, -0.05) is 42.1 Å². The summed E-state index contributed by atoms with van der Waals surface area (Å²) in [5.41, 5.74) is 0.837. The summed E-state index contributed by atoms with van der Waals surface area (Å²) in [5.74, 6) is -1.07. The molecule has 1 aliphatic rings. The van der Waals surface area contributed by atoms with Crippen LogP contribution in [0.15, 0.2) is 42.5 Å². The van der Waals surface area contributed by atoms with Crippen molar-refractivity contribution in [1.29, 1.82) is 0 Å². The normalized spacial score (nSPS) is 14.8. The van der Waals surface area contributed by atoms with Crippen LogP contribution in [0.3, 0.4) is 0 Å². The molecule has 1 aliphatic carbocycles. The molecule has 0 aliphatic heterocycles. The molecule has 0 aromatic heterocycles. The Hall–Kier alpha value is -2.36. The van der Waals surface area contributed by atoms with Crippen molar-refractivity contribution in [2.24, 2.45) is 0 Å². The topological polar surface area (TPSA) is 86.8 Å². The summed E-state index contributed by atoms with van der Waals surface area (Å²) >= 11 is 12.7. The van der Waals surface area contributed by atoms with Crippen molar-refractivity contribution >= 4 is 50.7 Å². The fraction of sp³-hybridized carbons (Fsp3) is 0.462. The van der Waals surface area contributed by atoms with Crippen LogP contribution in [-0.2, 0) is 26.2 Å². The van der Waals surface area contributed by atoms with Crippen molar-refractivity contribution in [2.45, 2.75) is 64.1 Å². The van der Waals surface area contributed by atoms with Crippen LogP contribution in [-0.4, -0.2) is 50.0 Å². The summed E-state index contributed by atoms with van der Waals surface area (Å²) in [6.07, 6.45) is 5.16. The van der Waals surface area contributed by atoms with Gasteiger partial charge in [-0.3, -0.25) is 13.9 Å². The van der Waals surface area contributed by atoms with Gasteiger partial charge in [-0.2, -0.15) is 0 Å². The molecule has 2 amide bonds. The van der Waals surface area contributed by atoms with Crippen molar-refractivity contribution in [3.05, 3.63) is 63.9 Å². The van der Waals surface area contributed by atoms with Crippen molar-refractivity contribution in [1.82, 2.24) is 10.2 Å². The second kappa shape index (κ2) is 12.9. The number of sulfonamides is 1. The maximum atomic E-state index is 13.4. The van der Waals surface area contributed by atoms with Gasteiger partial charge in [-0.05, 0) is 62.6 Å². The molecule has 1 fully saturated rings. The predicted octanol–water partition coefficient (Wildman–Crippen LogP) is 5.15. The number of hydrogen-bond acceptors (Lipinski definition) is 4. The van der Waals surface area contributed by atoms with E-state index in [9.17, 15) is 22.4 Å². The fourth-order valence-corrected chi connectivity index (χ4v) is 5.92. The van der Waals surface area contributed by atoms with Crippen molar-refractivity contribution in [3.63, 3.8) is 0 Å². The number of halogens is 3. The molecule has 202 valence electrons. The Morgan fingerprint density at radius 2 is 1.68 bits per heavy atom. The highest BCUT2D eigenvalue weighted by atomic mass is 35.5. The predicted molar refractivity (Wildman–Crippen MR) is 145 cm³/mol. The fourth-order valence-electron chi connectivity index (χ4n) is 4.44.